The Balaban J connectivity index is 5.24. The van der Waals surface area contributed by atoms with Crippen molar-refractivity contribution in [3.8, 4) is 0 Å². The minimum atomic E-state index is -2.49. The van der Waals surface area contributed by atoms with E-state index in [-0.39, 0.29) is 6.42 Å². The van der Waals surface area contributed by atoms with Crippen LogP contribution in [-0.2, 0) is 4.79 Å². The first-order chi connectivity index (χ1) is 6.00. The lowest BCUT2D eigenvalue weighted by atomic mass is 10.1. The van der Waals surface area contributed by atoms with Crippen molar-refractivity contribution in [1.82, 2.24) is 0 Å². The molecule has 0 aliphatic heterocycles. The van der Waals surface area contributed by atoms with Crippen LogP contribution in [0.25, 0.3) is 0 Å². The topological polar surface area (TPSA) is 37.3 Å². The molecule has 1 N–H and O–H groups in total. The molecule has 0 aliphatic carbocycles. The quantitative estimate of drug-likeness (QED) is 0.794. The molecule has 84 valence electrons. The summed E-state index contributed by atoms with van der Waals surface area (Å²) in [5, 5.41) is 8.69. The van der Waals surface area contributed by atoms with Gasteiger partial charge in [0.25, 0.3) is 0 Å². The molecule has 0 bridgehead atoms. The Morgan fingerprint density at radius 1 is 1.14 bits per heavy atom. The molecule has 0 atom stereocenters. The van der Waals surface area contributed by atoms with Gasteiger partial charge in [-0.3, -0.25) is 0 Å². The molecule has 14 heavy (non-hydrogen) atoms. The predicted molar refractivity (Wildman–Crippen MR) is 61.2 cm³/mol. The van der Waals surface area contributed by atoms with Crippen molar-refractivity contribution in [2.45, 2.75) is 26.3 Å². The van der Waals surface area contributed by atoms with Crippen LogP contribution in [0.3, 0.4) is 0 Å². The first kappa shape index (κ1) is 15.2. The lowest BCUT2D eigenvalue weighted by Gasteiger charge is -2.37. The molecule has 0 heterocycles. The van der Waals surface area contributed by atoms with Gasteiger partial charge in [0.1, 0.15) is 0 Å². The number of carbonyl (C=O) groups is 1. The van der Waals surface area contributed by atoms with Crippen molar-refractivity contribution >= 4 is 75.6 Å². The van der Waals surface area contributed by atoms with Crippen molar-refractivity contribution in [3.05, 3.63) is 0 Å². The van der Waals surface area contributed by atoms with E-state index < -0.39 is 19.0 Å². The number of rotatable bonds is 4. The predicted octanol–water partition coefficient (Wildman–Crippen LogP) is 4.00. The van der Waals surface area contributed by atoms with Gasteiger partial charge in [-0.2, -0.15) is 0 Å². The zero-order valence-corrected chi connectivity index (χ0v) is 11.4. The maximum absolute atomic E-state index is 10.7. The van der Waals surface area contributed by atoms with Crippen LogP contribution in [0.5, 0.6) is 0 Å². The first-order valence-electron chi connectivity index (χ1n) is 3.37. The number of carboxylic acids is 1. The van der Waals surface area contributed by atoms with Gasteiger partial charge < -0.3 is 5.11 Å². The third-order valence-electron chi connectivity index (χ3n) is 1.57. The highest BCUT2D eigenvalue weighted by Crippen LogP contribution is 2.55. The molecule has 2 nitrogen and oxygen atoms in total. The van der Waals surface area contributed by atoms with Crippen LogP contribution in [-0.4, -0.2) is 24.1 Å². The zero-order chi connectivity index (χ0) is 11.8. The van der Waals surface area contributed by atoms with Crippen LogP contribution in [0, 0.1) is 0 Å². The Morgan fingerprint density at radius 3 is 1.71 bits per heavy atom. The monoisotopic (exact) mass is 320 g/mol. The third kappa shape index (κ3) is 2.47. The highest BCUT2D eigenvalue weighted by molar-refractivity contribution is 6.73. The summed E-state index contributed by atoms with van der Waals surface area (Å²) in [6, 6.07) is 0. The molecule has 0 aromatic heterocycles. The molecule has 0 aromatic carbocycles. The summed E-state index contributed by atoms with van der Waals surface area (Å²) in [5.74, 6) is -1.62. The van der Waals surface area contributed by atoms with Crippen LogP contribution >= 0.6 is 69.6 Å². The van der Waals surface area contributed by atoms with E-state index in [1.54, 1.807) is 6.92 Å². The van der Waals surface area contributed by atoms with Crippen molar-refractivity contribution in [2.75, 3.05) is 0 Å². The molecule has 0 unspecified atom stereocenters. The van der Waals surface area contributed by atoms with Crippen LogP contribution in [0.15, 0.2) is 0 Å². The highest BCUT2D eigenvalue weighted by Gasteiger charge is 2.63. The fourth-order valence-electron chi connectivity index (χ4n) is 0.586. The smallest absolute Gasteiger partial charge is 0.343 e. The second-order valence-corrected chi connectivity index (χ2v) is 6.65. The van der Waals surface area contributed by atoms with Gasteiger partial charge >= 0.3 is 5.97 Å². The van der Waals surface area contributed by atoms with Gasteiger partial charge in [-0.1, -0.05) is 76.5 Å². The van der Waals surface area contributed by atoms with E-state index >= 15 is 0 Å². The summed E-state index contributed by atoms with van der Waals surface area (Å²) >= 11 is 33.7. The number of carboxylic acid groups (broad SMARTS) is 1. The largest absolute Gasteiger partial charge is 0.479 e. The van der Waals surface area contributed by atoms with E-state index in [1.165, 1.54) is 0 Å². The van der Waals surface area contributed by atoms with Crippen molar-refractivity contribution in [2.24, 2.45) is 0 Å². The van der Waals surface area contributed by atoms with Crippen LogP contribution in [0.4, 0.5) is 0 Å². The van der Waals surface area contributed by atoms with E-state index in [0.717, 1.165) is 0 Å². The summed E-state index contributed by atoms with van der Waals surface area (Å²) in [6.45, 7) is 1.56. The number of hydrogen-bond acceptors (Lipinski definition) is 1. The van der Waals surface area contributed by atoms with E-state index in [4.69, 9.17) is 74.7 Å². The molecule has 8 heteroatoms. The van der Waals surface area contributed by atoms with Gasteiger partial charge in [0.05, 0.1) is 0 Å². The van der Waals surface area contributed by atoms with Gasteiger partial charge in [0.15, 0.2) is 8.67 Å². The Labute approximate surface area is 111 Å². The van der Waals surface area contributed by atoms with Crippen molar-refractivity contribution < 1.29 is 9.90 Å². The van der Waals surface area contributed by atoms with Gasteiger partial charge in [0.2, 0.25) is 4.33 Å². The van der Waals surface area contributed by atoms with Crippen LogP contribution < -0.4 is 0 Å². The molecule has 0 spiro atoms. The van der Waals surface area contributed by atoms with Gasteiger partial charge in [-0.15, -0.1) is 0 Å². The Kier molecular flexibility index (Phi) is 5.00. The molecule has 0 rings (SSSR count). The van der Waals surface area contributed by atoms with Crippen molar-refractivity contribution in [1.29, 1.82) is 0 Å². The fourth-order valence-corrected chi connectivity index (χ4v) is 1.81. The van der Waals surface area contributed by atoms with Crippen molar-refractivity contribution in [3.63, 3.8) is 0 Å². The maximum atomic E-state index is 10.7. The van der Waals surface area contributed by atoms with E-state index in [2.05, 4.69) is 0 Å². The van der Waals surface area contributed by atoms with E-state index in [1.807, 2.05) is 0 Å². The summed E-state index contributed by atoms with van der Waals surface area (Å²) < 4.78 is -6.49. The molecule has 0 aromatic rings. The van der Waals surface area contributed by atoms with Crippen LogP contribution in [0.1, 0.15) is 13.3 Å². The minimum Gasteiger partial charge on any atom is -0.479 e. The molecule has 0 aliphatic rings. The van der Waals surface area contributed by atoms with Gasteiger partial charge in [-0.25, -0.2) is 4.79 Å². The van der Waals surface area contributed by atoms with Crippen LogP contribution in [0.2, 0.25) is 0 Å². The van der Waals surface area contributed by atoms with Gasteiger partial charge in [0, 0.05) is 0 Å². The maximum Gasteiger partial charge on any atom is 0.343 e. The third-order valence-corrected chi connectivity index (χ3v) is 5.54. The fraction of sp³-hybridized carbons (Fsp3) is 0.833. The number of halogens is 6. The molecule has 0 fully saturated rings. The number of aliphatic carboxylic acids is 1. The molecule has 0 amide bonds. The Hall–Kier alpha value is 1.21. The number of alkyl halides is 6. The first-order valence-corrected chi connectivity index (χ1v) is 5.64. The zero-order valence-electron chi connectivity index (χ0n) is 6.83. The average molecular weight is 323 g/mol. The summed E-state index contributed by atoms with van der Waals surface area (Å²) in [4.78, 5) is 10.7. The number of hydrogen-bond donors (Lipinski definition) is 1. The molecule has 0 radical (unpaired) electrons. The molecule has 0 saturated heterocycles. The lowest BCUT2D eigenvalue weighted by molar-refractivity contribution is -0.138. The SMILES string of the molecule is CCC(Cl)(Cl)C(Cl)(Cl)C(Cl)(Cl)C(=O)O. The highest BCUT2D eigenvalue weighted by atomic mass is 35.5. The molecular formula is C6H6Cl6O2. The van der Waals surface area contributed by atoms with E-state index in [9.17, 15) is 4.79 Å². The average Bonchev–Trinajstić information content (AvgIpc) is 2.03. The second-order valence-electron chi connectivity index (χ2n) is 2.51. The standard InChI is InChI=1S/C6H6Cl6O2/c1-2-4(7,8)6(11,12)5(9,10)3(13)14/h2H2,1H3,(H,13,14). The summed E-state index contributed by atoms with van der Waals surface area (Å²) in [6.07, 6.45) is 0.0809. The lowest BCUT2D eigenvalue weighted by Crippen LogP contribution is -2.53. The second kappa shape index (κ2) is 4.60. The Morgan fingerprint density at radius 2 is 1.50 bits per heavy atom. The molecule has 0 saturated carbocycles. The van der Waals surface area contributed by atoms with E-state index in [0.29, 0.717) is 0 Å². The summed E-state index contributed by atoms with van der Waals surface area (Å²) in [5.41, 5.74) is 0. The Bertz CT molecular complexity index is 236. The summed E-state index contributed by atoms with van der Waals surface area (Å²) in [7, 11) is 0. The minimum absolute atomic E-state index is 0.0809. The molecular weight excluding hydrogens is 317 g/mol. The van der Waals surface area contributed by atoms with Gasteiger partial charge in [-0.05, 0) is 6.42 Å². The normalized spacial score (nSPS) is 14.2.